The van der Waals surface area contributed by atoms with Gasteiger partial charge in [-0.1, -0.05) is 74.5 Å². The van der Waals surface area contributed by atoms with Gasteiger partial charge in [0, 0.05) is 29.8 Å². The maximum atomic E-state index is 12.8. The number of ether oxygens (including phenoxy) is 2. The number of benzene rings is 2. The Labute approximate surface area is 234 Å². The minimum atomic E-state index is -0.616. The number of rotatable bonds is 7. The van der Waals surface area contributed by atoms with Crippen molar-refractivity contribution in [2.45, 2.75) is 89.4 Å². The van der Waals surface area contributed by atoms with Crippen molar-refractivity contribution in [3.05, 3.63) is 71.8 Å². The van der Waals surface area contributed by atoms with Crippen LogP contribution in [0.1, 0.15) is 63.5 Å². The highest BCUT2D eigenvalue weighted by Crippen LogP contribution is 2.79. The molecule has 208 valence electrons. The maximum absolute atomic E-state index is 12.8. The minimum Gasteiger partial charge on any atom is -0.389 e. The van der Waals surface area contributed by atoms with Crippen LogP contribution in [0.25, 0.3) is 0 Å². The Morgan fingerprint density at radius 3 is 2.26 bits per heavy atom. The molecule has 0 amide bonds. The summed E-state index contributed by atoms with van der Waals surface area (Å²) in [5.41, 5.74) is 2.32. The molecule has 1 saturated heterocycles. The van der Waals surface area contributed by atoms with Crippen molar-refractivity contribution < 1.29 is 14.6 Å². The number of hydrogen-bond acceptors (Lipinski definition) is 4. The standard InChI is InChI=1S/C35H45NO3/c1-3-36-22-33(2)16-15-29(38-20-23-10-6-4-7-11-23)35-26-18-25-14-17-34(37,27(32(35)36)19-28(33)35)30(26)31(25)39-21-24-12-8-5-9-13-24/h4-13,25-32,37H,3,14-22H2,1-2H3. The summed E-state index contributed by atoms with van der Waals surface area (Å²) in [7, 11) is 0. The molecule has 1 N–H and O–H groups in total. The second kappa shape index (κ2) is 8.89. The number of piperidine rings is 1. The summed E-state index contributed by atoms with van der Waals surface area (Å²) < 4.78 is 14.0. The van der Waals surface area contributed by atoms with Gasteiger partial charge in [0.05, 0.1) is 31.0 Å². The zero-order valence-corrected chi connectivity index (χ0v) is 23.7. The second-order valence-electron chi connectivity index (χ2n) is 14.3. The van der Waals surface area contributed by atoms with Crippen LogP contribution in [0.3, 0.4) is 0 Å². The Balaban J connectivity index is 1.20. The lowest BCUT2D eigenvalue weighted by molar-refractivity contribution is -0.273. The van der Waals surface area contributed by atoms with Gasteiger partial charge in [0.15, 0.2) is 0 Å². The van der Waals surface area contributed by atoms with E-state index in [-0.39, 0.29) is 23.5 Å². The average molecular weight is 528 g/mol. The van der Waals surface area contributed by atoms with E-state index in [9.17, 15) is 5.11 Å². The van der Waals surface area contributed by atoms with Crippen LogP contribution in [-0.4, -0.2) is 46.9 Å². The lowest BCUT2D eigenvalue weighted by Gasteiger charge is -2.69. The van der Waals surface area contributed by atoms with Crippen molar-refractivity contribution in [2.75, 3.05) is 13.1 Å². The Bertz CT molecular complexity index is 1200. The van der Waals surface area contributed by atoms with Crippen LogP contribution in [0.5, 0.6) is 0 Å². The van der Waals surface area contributed by atoms with Crippen LogP contribution in [-0.2, 0) is 22.7 Å². The third-order valence-corrected chi connectivity index (χ3v) is 12.9. The normalized spacial score (nSPS) is 47.4. The van der Waals surface area contributed by atoms with Gasteiger partial charge < -0.3 is 14.6 Å². The zero-order valence-electron chi connectivity index (χ0n) is 23.7. The summed E-state index contributed by atoms with van der Waals surface area (Å²) in [4.78, 5) is 2.81. The van der Waals surface area contributed by atoms with Crippen molar-refractivity contribution in [2.24, 2.45) is 40.4 Å². The molecule has 6 fully saturated rings. The van der Waals surface area contributed by atoms with Gasteiger partial charge in [0.2, 0.25) is 0 Å². The van der Waals surface area contributed by atoms with Gasteiger partial charge >= 0.3 is 0 Å². The van der Waals surface area contributed by atoms with Crippen molar-refractivity contribution in [3.8, 4) is 0 Å². The molecular formula is C35H45NO3. The number of aliphatic hydroxyl groups is 1. The zero-order chi connectivity index (χ0) is 26.4. The van der Waals surface area contributed by atoms with Crippen LogP contribution in [0, 0.1) is 40.4 Å². The van der Waals surface area contributed by atoms with E-state index < -0.39 is 5.60 Å². The summed E-state index contributed by atoms with van der Waals surface area (Å²) in [6.07, 6.45) is 7.23. The van der Waals surface area contributed by atoms with E-state index in [4.69, 9.17) is 9.47 Å². The highest BCUT2D eigenvalue weighted by atomic mass is 16.5. The monoisotopic (exact) mass is 527 g/mol. The molecule has 2 aromatic carbocycles. The van der Waals surface area contributed by atoms with Crippen molar-refractivity contribution in [1.29, 1.82) is 0 Å². The van der Waals surface area contributed by atoms with E-state index in [2.05, 4.69) is 79.4 Å². The quantitative estimate of drug-likeness (QED) is 0.474. The van der Waals surface area contributed by atoms with Gasteiger partial charge in [-0.2, -0.15) is 0 Å². The molecule has 11 unspecified atom stereocenters. The fraction of sp³-hybridized carbons (Fsp3) is 0.657. The molecule has 1 spiro atoms. The maximum Gasteiger partial charge on any atom is 0.0746 e. The first kappa shape index (κ1) is 25.0. The van der Waals surface area contributed by atoms with E-state index in [1.54, 1.807) is 0 Å². The van der Waals surface area contributed by atoms with Crippen LogP contribution >= 0.6 is 0 Å². The van der Waals surface area contributed by atoms with Crippen molar-refractivity contribution >= 4 is 0 Å². The largest absolute Gasteiger partial charge is 0.389 e. The third-order valence-electron chi connectivity index (χ3n) is 12.9. The molecule has 7 bridgehead atoms. The smallest absolute Gasteiger partial charge is 0.0746 e. The lowest BCUT2D eigenvalue weighted by atomic mass is 9.43. The highest BCUT2D eigenvalue weighted by molar-refractivity contribution is 5.32. The van der Waals surface area contributed by atoms with E-state index in [1.165, 1.54) is 36.9 Å². The van der Waals surface area contributed by atoms with E-state index in [0.717, 1.165) is 25.8 Å². The van der Waals surface area contributed by atoms with Crippen molar-refractivity contribution in [3.63, 3.8) is 0 Å². The number of nitrogens with zero attached hydrogens (tertiary/aromatic N) is 1. The Morgan fingerprint density at radius 1 is 0.872 bits per heavy atom. The van der Waals surface area contributed by atoms with E-state index >= 15 is 0 Å². The molecule has 11 atom stereocenters. The SMILES string of the molecule is CCN1CC2(C)CCC(OCc3ccccc3)C34C5CC6CCC(O)(C(CC23)C14)C5C6OCc1ccccc1. The molecule has 39 heavy (non-hydrogen) atoms. The highest BCUT2D eigenvalue weighted by Gasteiger charge is 2.82. The number of likely N-dealkylation sites (tertiary alicyclic amines) is 1. The molecular weight excluding hydrogens is 482 g/mol. The van der Waals surface area contributed by atoms with Crippen LogP contribution in [0.15, 0.2) is 60.7 Å². The molecule has 6 aliphatic rings. The van der Waals surface area contributed by atoms with E-state index in [0.29, 0.717) is 48.3 Å². The molecule has 8 rings (SSSR count). The third kappa shape index (κ3) is 3.32. The molecule has 0 radical (unpaired) electrons. The summed E-state index contributed by atoms with van der Waals surface area (Å²) >= 11 is 0. The fourth-order valence-electron chi connectivity index (χ4n) is 11.7. The molecule has 4 nitrogen and oxygen atoms in total. The van der Waals surface area contributed by atoms with Gasteiger partial charge in [0.25, 0.3) is 0 Å². The Morgan fingerprint density at radius 2 is 1.56 bits per heavy atom. The molecule has 2 aromatic rings. The second-order valence-corrected chi connectivity index (χ2v) is 14.3. The molecule has 5 aliphatic carbocycles. The van der Waals surface area contributed by atoms with Crippen LogP contribution < -0.4 is 0 Å². The summed E-state index contributed by atoms with van der Waals surface area (Å²) in [5, 5.41) is 12.8. The first-order valence-corrected chi connectivity index (χ1v) is 15.8. The summed E-state index contributed by atoms with van der Waals surface area (Å²) in [6.45, 7) is 8.54. The number of fused-ring (bicyclic) bond motifs is 2. The van der Waals surface area contributed by atoms with E-state index in [1.807, 2.05) is 0 Å². The summed E-state index contributed by atoms with van der Waals surface area (Å²) in [6, 6.07) is 21.8. The molecule has 4 heteroatoms. The Kier molecular flexibility index (Phi) is 5.70. The predicted molar refractivity (Wildman–Crippen MR) is 152 cm³/mol. The lowest BCUT2D eigenvalue weighted by Crippen LogP contribution is -2.75. The predicted octanol–water partition coefficient (Wildman–Crippen LogP) is 6.07. The molecule has 1 heterocycles. The van der Waals surface area contributed by atoms with Crippen molar-refractivity contribution in [1.82, 2.24) is 4.90 Å². The number of hydrogen-bond donors (Lipinski definition) is 1. The van der Waals surface area contributed by atoms with Gasteiger partial charge in [-0.3, -0.25) is 4.90 Å². The topological polar surface area (TPSA) is 41.9 Å². The average Bonchev–Trinajstić information content (AvgIpc) is 3.41. The van der Waals surface area contributed by atoms with Crippen LogP contribution in [0.4, 0.5) is 0 Å². The fourth-order valence-corrected chi connectivity index (χ4v) is 11.7. The molecule has 0 aromatic heterocycles. The van der Waals surface area contributed by atoms with Gasteiger partial charge in [-0.05, 0) is 79.4 Å². The van der Waals surface area contributed by atoms with Gasteiger partial charge in [-0.15, -0.1) is 0 Å². The first-order valence-electron chi connectivity index (χ1n) is 15.8. The first-order chi connectivity index (χ1) is 19.0. The van der Waals surface area contributed by atoms with Crippen LogP contribution in [0.2, 0.25) is 0 Å². The Hall–Kier alpha value is -1.72. The summed E-state index contributed by atoms with van der Waals surface area (Å²) in [5.74, 6) is 2.21. The molecule has 1 aliphatic heterocycles. The van der Waals surface area contributed by atoms with Gasteiger partial charge in [-0.25, -0.2) is 0 Å². The van der Waals surface area contributed by atoms with Gasteiger partial charge in [0.1, 0.15) is 0 Å². The molecule has 5 saturated carbocycles. The minimum absolute atomic E-state index is 0.116.